The maximum atomic E-state index is 10.2. The molecular formula is C9H18N4O6. The molecule has 0 rings (SSSR count). The summed E-state index contributed by atoms with van der Waals surface area (Å²) in [5.41, 5.74) is 17.9. The Morgan fingerprint density at radius 2 is 1.53 bits per heavy atom. The van der Waals surface area contributed by atoms with Gasteiger partial charge in [-0.3, -0.25) is 19.2 Å². The van der Waals surface area contributed by atoms with E-state index in [9.17, 15) is 19.2 Å². The zero-order chi connectivity index (χ0) is 15.8. The van der Waals surface area contributed by atoms with Crippen LogP contribution in [0.5, 0.6) is 0 Å². The molecule has 0 heterocycles. The van der Waals surface area contributed by atoms with Gasteiger partial charge in [-0.15, -0.1) is 0 Å². The average Bonchev–Trinajstić information content (AvgIpc) is 2.14. The number of hydrogen-bond acceptors (Lipinski definition) is 6. The first-order valence-electron chi connectivity index (χ1n) is 4.97. The van der Waals surface area contributed by atoms with Crippen LogP contribution in [0.3, 0.4) is 0 Å². The van der Waals surface area contributed by atoms with Gasteiger partial charge in [0.2, 0.25) is 11.8 Å². The van der Waals surface area contributed by atoms with E-state index in [1.165, 1.54) is 6.92 Å². The maximum absolute atomic E-state index is 10.2. The van der Waals surface area contributed by atoms with Crippen molar-refractivity contribution in [3.8, 4) is 0 Å². The lowest BCUT2D eigenvalue weighted by molar-refractivity contribution is -0.144. The van der Waals surface area contributed by atoms with Gasteiger partial charge < -0.3 is 33.1 Å². The molecule has 2 amide bonds. The third-order valence-corrected chi connectivity index (χ3v) is 1.77. The van der Waals surface area contributed by atoms with Crippen LogP contribution in [0.4, 0.5) is 0 Å². The molecule has 0 aliphatic rings. The highest BCUT2D eigenvalue weighted by molar-refractivity contribution is 5.86. The quantitative estimate of drug-likeness (QED) is 0.292. The summed E-state index contributed by atoms with van der Waals surface area (Å²) in [6.07, 6.45) is -0.655. The average molecular weight is 278 g/mol. The van der Waals surface area contributed by atoms with Gasteiger partial charge in [0.05, 0.1) is 12.8 Å². The number of amides is 2. The van der Waals surface area contributed by atoms with Crippen molar-refractivity contribution in [1.29, 1.82) is 0 Å². The summed E-state index contributed by atoms with van der Waals surface area (Å²) in [4.78, 5) is 40.3. The van der Waals surface area contributed by atoms with Crippen LogP contribution in [0.25, 0.3) is 0 Å². The van der Waals surface area contributed by atoms with Gasteiger partial charge in [-0.1, -0.05) is 0 Å². The first-order chi connectivity index (χ1) is 8.40. The predicted molar refractivity (Wildman–Crippen MR) is 63.5 cm³/mol. The molecular weight excluding hydrogens is 260 g/mol. The minimum absolute atomic E-state index is 0.310. The van der Waals surface area contributed by atoms with Crippen LogP contribution in [0.1, 0.15) is 19.8 Å². The minimum atomic E-state index is -1.54. The number of carboxylic acids is 2. The van der Waals surface area contributed by atoms with Crippen molar-refractivity contribution in [2.45, 2.75) is 31.3 Å². The number of nitrogens with two attached hydrogens (primary N) is 4. The highest BCUT2D eigenvalue weighted by atomic mass is 16.4. The van der Waals surface area contributed by atoms with Crippen LogP contribution in [0.2, 0.25) is 0 Å². The first kappa shape index (κ1) is 19.1. The normalized spacial score (nSPS) is 14.3. The van der Waals surface area contributed by atoms with Crippen LogP contribution >= 0.6 is 0 Å². The Hall–Kier alpha value is -2.20. The Kier molecular flexibility index (Phi) is 8.06. The molecule has 0 radical (unpaired) electrons. The lowest BCUT2D eigenvalue weighted by atomic mass is 10.00. The summed E-state index contributed by atoms with van der Waals surface area (Å²) in [6.45, 7) is 1.24. The summed E-state index contributed by atoms with van der Waals surface area (Å²) < 4.78 is 0. The van der Waals surface area contributed by atoms with E-state index in [1.54, 1.807) is 0 Å². The third kappa shape index (κ3) is 10.7. The van der Waals surface area contributed by atoms with Gasteiger partial charge in [-0.2, -0.15) is 0 Å². The highest BCUT2D eigenvalue weighted by Crippen LogP contribution is 2.03. The fraction of sp³-hybridized carbons (Fsp3) is 0.556. The van der Waals surface area contributed by atoms with Crippen LogP contribution < -0.4 is 22.9 Å². The topological polar surface area (TPSA) is 213 Å². The molecule has 10 N–H and O–H groups in total. The molecule has 2 atom stereocenters. The Labute approximate surface area is 108 Å². The van der Waals surface area contributed by atoms with E-state index in [0.29, 0.717) is 0 Å². The number of aliphatic carboxylic acids is 2. The van der Waals surface area contributed by atoms with Gasteiger partial charge >= 0.3 is 11.9 Å². The minimum Gasteiger partial charge on any atom is -0.480 e. The van der Waals surface area contributed by atoms with E-state index in [0.717, 1.165) is 0 Å². The molecule has 0 aromatic rings. The molecule has 0 unspecified atom stereocenters. The molecule has 0 saturated carbocycles. The van der Waals surface area contributed by atoms with Gasteiger partial charge in [0.25, 0.3) is 0 Å². The van der Waals surface area contributed by atoms with Crippen molar-refractivity contribution in [2.75, 3.05) is 0 Å². The van der Waals surface area contributed by atoms with Crippen LogP contribution in [-0.2, 0) is 19.2 Å². The van der Waals surface area contributed by atoms with Gasteiger partial charge in [-0.25, -0.2) is 0 Å². The smallest absolute Gasteiger partial charge is 0.323 e. The maximum Gasteiger partial charge on any atom is 0.323 e. The largest absolute Gasteiger partial charge is 0.480 e. The number of carbonyl (C=O) groups excluding carboxylic acids is 2. The van der Waals surface area contributed by atoms with Crippen molar-refractivity contribution < 1.29 is 29.4 Å². The van der Waals surface area contributed by atoms with Gasteiger partial charge in [0, 0.05) is 0 Å². The van der Waals surface area contributed by atoms with E-state index in [1.807, 2.05) is 0 Å². The van der Waals surface area contributed by atoms with Crippen molar-refractivity contribution in [1.82, 2.24) is 0 Å². The number of carbonyl (C=O) groups is 4. The van der Waals surface area contributed by atoms with E-state index >= 15 is 0 Å². The SMILES string of the molecule is C[C@](N)(CC(N)=O)C(=O)O.NC(=O)C[C@H](N)C(=O)O. The molecule has 0 aliphatic carbocycles. The number of primary amides is 2. The number of hydrogen-bond donors (Lipinski definition) is 6. The van der Waals surface area contributed by atoms with Crippen LogP contribution in [0.15, 0.2) is 0 Å². The lowest BCUT2D eigenvalue weighted by Crippen LogP contribution is -2.47. The predicted octanol–water partition coefficient (Wildman–Crippen LogP) is -3.06. The standard InChI is InChI=1S/C5H10N2O3.C4H8N2O3/c1-5(7,4(9)10)2-3(6)8;5-2(4(8)9)1-3(6)7/h2,7H2,1H3,(H2,6,8)(H,9,10);2H,1,5H2,(H2,6,7)(H,8,9)/t5-;2-/m00/s1. The fourth-order valence-electron chi connectivity index (χ4n) is 0.742. The summed E-state index contributed by atoms with van der Waals surface area (Å²) in [6, 6.07) is -1.16. The monoisotopic (exact) mass is 278 g/mol. The molecule has 0 aliphatic heterocycles. The Balaban J connectivity index is 0. The Morgan fingerprint density at radius 1 is 1.11 bits per heavy atom. The van der Waals surface area contributed by atoms with Crippen LogP contribution in [0, 0.1) is 0 Å². The highest BCUT2D eigenvalue weighted by Gasteiger charge is 2.29. The van der Waals surface area contributed by atoms with E-state index in [2.05, 4.69) is 5.73 Å². The molecule has 0 bridgehead atoms. The molecule has 10 nitrogen and oxygen atoms in total. The Bertz CT molecular complexity index is 368. The van der Waals surface area contributed by atoms with Crippen molar-refractivity contribution in [3.05, 3.63) is 0 Å². The van der Waals surface area contributed by atoms with E-state index in [4.69, 9.17) is 27.4 Å². The van der Waals surface area contributed by atoms with Crippen molar-refractivity contribution in [2.24, 2.45) is 22.9 Å². The number of rotatable bonds is 6. The summed E-state index contributed by atoms with van der Waals surface area (Å²) in [5.74, 6) is -3.86. The first-order valence-corrected chi connectivity index (χ1v) is 4.97. The second-order valence-corrected chi connectivity index (χ2v) is 3.98. The van der Waals surface area contributed by atoms with E-state index in [-0.39, 0.29) is 12.8 Å². The molecule has 0 aromatic carbocycles. The Morgan fingerprint density at radius 3 is 1.63 bits per heavy atom. The van der Waals surface area contributed by atoms with Gasteiger partial charge in [-0.05, 0) is 6.92 Å². The molecule has 0 aromatic heterocycles. The van der Waals surface area contributed by atoms with Crippen molar-refractivity contribution >= 4 is 23.8 Å². The second-order valence-electron chi connectivity index (χ2n) is 3.98. The third-order valence-electron chi connectivity index (χ3n) is 1.77. The summed E-state index contributed by atoms with van der Waals surface area (Å²) >= 11 is 0. The zero-order valence-electron chi connectivity index (χ0n) is 10.3. The lowest BCUT2D eigenvalue weighted by Gasteiger charge is -2.15. The summed E-state index contributed by atoms with van der Waals surface area (Å²) in [7, 11) is 0. The molecule has 10 heteroatoms. The summed E-state index contributed by atoms with van der Waals surface area (Å²) in [5, 5.41) is 16.5. The van der Waals surface area contributed by atoms with Crippen LogP contribution in [-0.4, -0.2) is 45.5 Å². The van der Waals surface area contributed by atoms with E-state index < -0.39 is 35.3 Å². The molecule has 0 spiro atoms. The van der Waals surface area contributed by atoms with Crippen molar-refractivity contribution in [3.63, 3.8) is 0 Å². The number of carboxylic acid groups (broad SMARTS) is 2. The molecule has 0 fully saturated rings. The second kappa shape index (κ2) is 8.00. The zero-order valence-corrected chi connectivity index (χ0v) is 10.3. The fourth-order valence-corrected chi connectivity index (χ4v) is 0.742. The van der Waals surface area contributed by atoms with Gasteiger partial charge in [0.15, 0.2) is 0 Å². The molecule has 19 heavy (non-hydrogen) atoms. The molecule has 110 valence electrons. The molecule has 0 saturated heterocycles. The van der Waals surface area contributed by atoms with Gasteiger partial charge in [0.1, 0.15) is 11.6 Å².